The molecule has 0 atom stereocenters. The number of carbonyl (C=O) groups excluding carboxylic acids is 1. The molecule has 0 aliphatic rings. The van der Waals surface area contributed by atoms with E-state index in [0.717, 1.165) is 16.9 Å². The van der Waals surface area contributed by atoms with Crippen molar-refractivity contribution in [1.82, 2.24) is 9.66 Å². The van der Waals surface area contributed by atoms with Gasteiger partial charge in [-0.3, -0.25) is 19.7 Å². The van der Waals surface area contributed by atoms with Crippen molar-refractivity contribution in [3.8, 4) is 22.9 Å². The van der Waals surface area contributed by atoms with E-state index in [9.17, 15) is 19.7 Å². The smallest absolute Gasteiger partial charge is 0.313 e. The number of carbonyl (C=O) groups is 1. The fourth-order valence-electron chi connectivity index (χ4n) is 4.91. The van der Waals surface area contributed by atoms with E-state index in [2.05, 4.69) is 10.4 Å². The molecule has 0 bridgehead atoms. The van der Waals surface area contributed by atoms with Crippen LogP contribution in [-0.4, -0.2) is 40.4 Å². The van der Waals surface area contributed by atoms with Crippen molar-refractivity contribution in [2.24, 2.45) is 5.10 Å². The van der Waals surface area contributed by atoms with Gasteiger partial charge in [0.15, 0.2) is 12.4 Å². The maximum absolute atomic E-state index is 13.8. The number of benzene rings is 4. The molecular formula is C34H30ClN5O6. The van der Waals surface area contributed by atoms with Crippen LogP contribution in [0.25, 0.3) is 22.3 Å². The quantitative estimate of drug-likeness (QED) is 0.0989. The summed E-state index contributed by atoms with van der Waals surface area (Å²) in [6, 6.07) is 22.1. The first-order valence-electron chi connectivity index (χ1n) is 14.3. The molecule has 0 aliphatic heterocycles. The van der Waals surface area contributed by atoms with Gasteiger partial charge in [0.1, 0.15) is 5.75 Å². The van der Waals surface area contributed by atoms with Gasteiger partial charge in [-0.1, -0.05) is 55.8 Å². The highest BCUT2D eigenvalue weighted by molar-refractivity contribution is 6.32. The van der Waals surface area contributed by atoms with Crippen molar-refractivity contribution < 1.29 is 19.2 Å². The van der Waals surface area contributed by atoms with E-state index >= 15 is 0 Å². The van der Waals surface area contributed by atoms with Gasteiger partial charge in [-0.2, -0.15) is 9.78 Å². The summed E-state index contributed by atoms with van der Waals surface area (Å²) in [6.07, 6.45) is 1.29. The Balaban J connectivity index is 1.55. The van der Waals surface area contributed by atoms with Gasteiger partial charge in [0.25, 0.3) is 11.5 Å². The van der Waals surface area contributed by atoms with Gasteiger partial charge < -0.3 is 14.8 Å². The number of ether oxygens (including phenoxy) is 2. The predicted octanol–water partition coefficient (Wildman–Crippen LogP) is 6.97. The first-order chi connectivity index (χ1) is 22.1. The first kappa shape index (κ1) is 31.9. The monoisotopic (exact) mass is 639 g/mol. The molecule has 0 unspecified atom stereocenters. The van der Waals surface area contributed by atoms with Crippen LogP contribution in [-0.2, 0) is 4.79 Å². The van der Waals surface area contributed by atoms with Crippen molar-refractivity contribution in [2.75, 3.05) is 19.0 Å². The molecule has 4 aromatic carbocycles. The van der Waals surface area contributed by atoms with E-state index in [-0.39, 0.29) is 28.1 Å². The molecular weight excluding hydrogens is 610 g/mol. The molecule has 11 nitrogen and oxygen atoms in total. The van der Waals surface area contributed by atoms with Crippen molar-refractivity contribution in [1.29, 1.82) is 0 Å². The van der Waals surface area contributed by atoms with Gasteiger partial charge in [0.2, 0.25) is 5.75 Å². The minimum Gasteiger partial charge on any atom is -0.496 e. The van der Waals surface area contributed by atoms with Crippen LogP contribution < -0.4 is 20.3 Å². The number of aryl methyl sites for hydroxylation is 1. The lowest BCUT2D eigenvalue weighted by atomic mass is 9.96. The largest absolute Gasteiger partial charge is 0.496 e. The average molecular weight is 640 g/mol. The molecule has 0 spiro atoms. The highest BCUT2D eigenvalue weighted by atomic mass is 35.5. The number of hydrogen-bond acceptors (Lipinski definition) is 8. The molecule has 1 aromatic heterocycles. The zero-order valence-corrected chi connectivity index (χ0v) is 26.2. The second-order valence-electron chi connectivity index (χ2n) is 10.7. The SMILES string of the molecule is COc1cc(C)c(-c2nc3ccccc3c(=O)n2N=Cc2cc(Cl)c(OCC(=O)Nc3ccccc3)c([N+](=O)[O-])c2)cc1C(C)C. The Bertz CT molecular complexity index is 2040. The highest BCUT2D eigenvalue weighted by Crippen LogP contribution is 2.36. The van der Waals surface area contributed by atoms with Gasteiger partial charge in [0.05, 0.1) is 34.2 Å². The lowest BCUT2D eigenvalue weighted by Crippen LogP contribution is -2.21. The second-order valence-corrected chi connectivity index (χ2v) is 11.1. The number of amides is 1. The van der Waals surface area contributed by atoms with Gasteiger partial charge in [-0.05, 0) is 66.4 Å². The van der Waals surface area contributed by atoms with Crippen LogP contribution in [0.3, 0.4) is 0 Å². The molecule has 46 heavy (non-hydrogen) atoms. The normalized spacial score (nSPS) is 11.3. The molecule has 234 valence electrons. The zero-order chi connectivity index (χ0) is 33.0. The summed E-state index contributed by atoms with van der Waals surface area (Å²) in [4.78, 5) is 42.3. The molecule has 1 N–H and O–H groups in total. The van der Waals surface area contributed by atoms with E-state index in [4.69, 9.17) is 26.1 Å². The maximum Gasteiger partial charge on any atom is 0.313 e. The van der Waals surface area contributed by atoms with Crippen molar-refractivity contribution in [2.45, 2.75) is 26.7 Å². The number of fused-ring (bicyclic) bond motifs is 1. The van der Waals surface area contributed by atoms with Crippen LogP contribution >= 0.6 is 11.6 Å². The molecule has 0 aliphatic carbocycles. The number of nitrogens with zero attached hydrogens (tertiary/aromatic N) is 4. The molecule has 0 radical (unpaired) electrons. The van der Waals surface area contributed by atoms with E-state index < -0.39 is 28.7 Å². The van der Waals surface area contributed by atoms with E-state index in [1.807, 2.05) is 32.9 Å². The molecule has 5 aromatic rings. The lowest BCUT2D eigenvalue weighted by Gasteiger charge is -2.17. The fraction of sp³-hybridized carbons (Fsp3) is 0.176. The van der Waals surface area contributed by atoms with E-state index in [0.29, 0.717) is 22.2 Å². The Labute approximate surface area is 269 Å². The van der Waals surface area contributed by atoms with Crippen molar-refractivity contribution >= 4 is 46.0 Å². The Morgan fingerprint density at radius 2 is 1.83 bits per heavy atom. The maximum atomic E-state index is 13.8. The predicted molar refractivity (Wildman–Crippen MR) is 178 cm³/mol. The summed E-state index contributed by atoms with van der Waals surface area (Å²) in [5, 5.41) is 19.3. The number of hydrogen-bond donors (Lipinski definition) is 1. The van der Waals surface area contributed by atoms with Crippen LogP contribution in [0.2, 0.25) is 5.02 Å². The number of nitro benzene ring substituents is 1. The Morgan fingerprint density at radius 3 is 2.52 bits per heavy atom. The molecule has 0 fully saturated rings. The molecule has 0 saturated heterocycles. The summed E-state index contributed by atoms with van der Waals surface area (Å²) < 4.78 is 12.2. The molecule has 5 rings (SSSR count). The van der Waals surface area contributed by atoms with E-state index in [1.165, 1.54) is 23.0 Å². The summed E-state index contributed by atoms with van der Waals surface area (Å²) in [5.41, 5.74) is 2.77. The van der Waals surface area contributed by atoms with Gasteiger partial charge in [0, 0.05) is 22.9 Å². The minimum absolute atomic E-state index is 0.111. The zero-order valence-electron chi connectivity index (χ0n) is 25.5. The van der Waals surface area contributed by atoms with Crippen LogP contribution in [0.1, 0.15) is 36.5 Å². The first-order valence-corrected chi connectivity index (χ1v) is 14.7. The third-order valence-corrected chi connectivity index (χ3v) is 7.44. The summed E-state index contributed by atoms with van der Waals surface area (Å²) in [5.74, 6) is 0.328. The molecule has 1 amide bonds. The van der Waals surface area contributed by atoms with Gasteiger partial charge in [-0.25, -0.2) is 4.98 Å². The number of anilines is 1. The third kappa shape index (κ3) is 6.74. The third-order valence-electron chi connectivity index (χ3n) is 7.16. The highest BCUT2D eigenvalue weighted by Gasteiger charge is 2.22. The van der Waals surface area contributed by atoms with Gasteiger partial charge in [-0.15, -0.1) is 0 Å². The summed E-state index contributed by atoms with van der Waals surface area (Å²) in [7, 11) is 1.61. The number of nitro groups is 1. The van der Waals surface area contributed by atoms with Crippen LogP contribution in [0.5, 0.6) is 11.5 Å². The fourth-order valence-corrected chi connectivity index (χ4v) is 5.18. The van der Waals surface area contributed by atoms with Crippen molar-refractivity contribution in [3.63, 3.8) is 0 Å². The number of nitrogens with one attached hydrogen (secondary N) is 1. The Kier molecular flexibility index (Phi) is 9.43. The Morgan fingerprint density at radius 1 is 1.11 bits per heavy atom. The number of aromatic nitrogens is 2. The number of halogens is 1. The minimum atomic E-state index is -0.670. The average Bonchev–Trinajstić information content (AvgIpc) is 3.03. The summed E-state index contributed by atoms with van der Waals surface area (Å²) in [6.45, 7) is 5.45. The lowest BCUT2D eigenvalue weighted by molar-refractivity contribution is -0.385. The summed E-state index contributed by atoms with van der Waals surface area (Å²) >= 11 is 6.42. The van der Waals surface area contributed by atoms with Crippen LogP contribution in [0.4, 0.5) is 11.4 Å². The number of para-hydroxylation sites is 2. The topological polar surface area (TPSA) is 138 Å². The van der Waals surface area contributed by atoms with Crippen molar-refractivity contribution in [3.05, 3.63) is 121 Å². The Hall–Kier alpha value is -5.55. The molecule has 12 heteroatoms. The number of rotatable bonds is 10. The van der Waals surface area contributed by atoms with Crippen LogP contribution in [0, 0.1) is 17.0 Å². The van der Waals surface area contributed by atoms with Gasteiger partial charge >= 0.3 is 5.69 Å². The molecule has 1 heterocycles. The van der Waals surface area contributed by atoms with E-state index in [1.54, 1.807) is 61.7 Å². The standard InChI is InChI=1S/C34H30ClN5O6/c1-20(2)25-17-26(21(3)14-30(25)45-4)33-38-28-13-9-8-12-24(28)34(42)39(33)36-18-22-15-27(35)32(29(16-22)40(43)44)46-19-31(41)37-23-10-6-5-7-11-23/h5-18,20H,19H2,1-4H3,(H,37,41). The van der Waals surface area contributed by atoms with Crippen LogP contribution in [0.15, 0.2) is 88.8 Å². The number of methoxy groups -OCH3 is 1. The molecule has 0 saturated carbocycles. The second kappa shape index (κ2) is 13.6.